The zero-order valence-corrected chi connectivity index (χ0v) is 10.5. The second-order valence-corrected chi connectivity index (χ2v) is 4.00. The Hall–Kier alpha value is -2.12. The Balaban J connectivity index is 2.97. The number of rotatable bonds is 6. The van der Waals surface area contributed by atoms with Gasteiger partial charge in [0.25, 0.3) is 0 Å². The van der Waals surface area contributed by atoms with Crippen LogP contribution in [-0.2, 0) is 18.3 Å². The Labute approximate surface area is 104 Å². The van der Waals surface area contributed by atoms with Gasteiger partial charge in [0.05, 0.1) is 10.8 Å². The summed E-state index contributed by atoms with van der Waals surface area (Å²) in [5.74, 6) is -1.35. The number of nitrogens with one attached hydrogen (secondary N) is 1. The van der Waals surface area contributed by atoms with Crippen LogP contribution >= 0.6 is 0 Å². The average molecular weight is 256 g/mol. The highest BCUT2D eigenvalue weighted by Gasteiger charge is 2.26. The molecular weight excluding hydrogens is 240 g/mol. The maximum atomic E-state index is 11.0. The maximum absolute atomic E-state index is 11.0. The molecule has 1 atom stereocenters. The van der Waals surface area contributed by atoms with E-state index in [4.69, 9.17) is 5.11 Å². The molecule has 1 aromatic rings. The Morgan fingerprint density at radius 2 is 2.28 bits per heavy atom. The van der Waals surface area contributed by atoms with Crippen molar-refractivity contribution in [3.05, 3.63) is 15.8 Å². The van der Waals surface area contributed by atoms with E-state index < -0.39 is 16.8 Å². The minimum absolute atomic E-state index is 0.0856. The van der Waals surface area contributed by atoms with E-state index in [-0.39, 0.29) is 18.1 Å². The van der Waals surface area contributed by atoms with Crippen molar-refractivity contribution in [2.45, 2.75) is 20.3 Å². The average Bonchev–Trinajstić information content (AvgIpc) is 2.62. The van der Waals surface area contributed by atoms with Crippen LogP contribution in [0.25, 0.3) is 0 Å². The zero-order valence-electron chi connectivity index (χ0n) is 10.5. The van der Waals surface area contributed by atoms with Crippen LogP contribution in [0.1, 0.15) is 19.5 Å². The normalized spacial score (nSPS) is 12.2. The first kappa shape index (κ1) is 13.9. The highest BCUT2D eigenvalue weighted by molar-refractivity contribution is 5.70. The Morgan fingerprint density at radius 3 is 2.72 bits per heavy atom. The summed E-state index contributed by atoms with van der Waals surface area (Å²) in [6.07, 6.45) is 0.445. The van der Waals surface area contributed by atoms with Crippen molar-refractivity contribution < 1.29 is 14.8 Å². The lowest BCUT2D eigenvalue weighted by atomic mass is 10.2. The van der Waals surface area contributed by atoms with Gasteiger partial charge in [0.2, 0.25) is 5.82 Å². The van der Waals surface area contributed by atoms with Crippen LogP contribution in [-0.4, -0.2) is 32.3 Å². The highest BCUT2D eigenvalue weighted by Crippen LogP contribution is 2.28. The second-order valence-electron chi connectivity index (χ2n) is 4.00. The largest absolute Gasteiger partial charge is 0.481 e. The molecule has 1 unspecified atom stereocenters. The minimum Gasteiger partial charge on any atom is -0.481 e. The van der Waals surface area contributed by atoms with E-state index in [1.165, 1.54) is 11.6 Å². The van der Waals surface area contributed by atoms with Crippen LogP contribution in [0, 0.1) is 16.0 Å². The number of hydrogen-bond donors (Lipinski definition) is 2. The third kappa shape index (κ3) is 2.76. The van der Waals surface area contributed by atoms with Gasteiger partial charge >= 0.3 is 11.7 Å². The number of aliphatic carboxylic acids is 1. The molecule has 0 fully saturated rings. The molecule has 1 heterocycles. The summed E-state index contributed by atoms with van der Waals surface area (Å²) in [6, 6.07) is 0. The first-order chi connectivity index (χ1) is 8.38. The number of carboxylic acid groups (broad SMARTS) is 1. The molecule has 0 aliphatic carbocycles. The van der Waals surface area contributed by atoms with Gasteiger partial charge in [0, 0.05) is 13.6 Å². The van der Waals surface area contributed by atoms with Crippen molar-refractivity contribution in [2.75, 3.05) is 11.9 Å². The van der Waals surface area contributed by atoms with Gasteiger partial charge in [0.15, 0.2) is 0 Å². The van der Waals surface area contributed by atoms with Crippen molar-refractivity contribution in [1.29, 1.82) is 0 Å². The fraction of sp³-hybridized carbons (Fsp3) is 0.600. The molecule has 0 radical (unpaired) electrons. The van der Waals surface area contributed by atoms with Crippen LogP contribution in [0.5, 0.6) is 0 Å². The summed E-state index contributed by atoms with van der Waals surface area (Å²) in [6.45, 7) is 3.41. The topological polar surface area (TPSA) is 110 Å². The first-order valence-corrected chi connectivity index (χ1v) is 5.55. The van der Waals surface area contributed by atoms with E-state index in [1.54, 1.807) is 14.0 Å². The predicted octanol–water partition coefficient (Wildman–Crippen LogP) is 1.02. The van der Waals surface area contributed by atoms with Gasteiger partial charge in [-0.1, -0.05) is 13.8 Å². The number of nitrogens with zero attached hydrogens (tertiary/aromatic N) is 3. The van der Waals surface area contributed by atoms with Gasteiger partial charge in [-0.05, 0) is 6.42 Å². The van der Waals surface area contributed by atoms with Gasteiger partial charge in [-0.2, -0.15) is 5.10 Å². The molecule has 2 N–H and O–H groups in total. The lowest BCUT2D eigenvalue weighted by molar-refractivity contribution is -0.384. The molecule has 0 saturated carbocycles. The molecule has 1 rings (SSSR count). The molecule has 8 nitrogen and oxygen atoms in total. The maximum Gasteiger partial charge on any atom is 0.333 e. The fourth-order valence-electron chi connectivity index (χ4n) is 1.53. The smallest absolute Gasteiger partial charge is 0.333 e. The van der Waals surface area contributed by atoms with Crippen LogP contribution in [0.3, 0.4) is 0 Å². The molecule has 0 bridgehead atoms. The standard InChI is InChI=1S/C10H16N4O4/c1-4-7-8(14(17)18)9(13(3)12-7)11-5-6(2)10(15)16/h6,11H,4-5H2,1-3H3,(H,15,16). The number of hydrogen-bond acceptors (Lipinski definition) is 5. The minimum atomic E-state index is -0.956. The molecule has 8 heteroatoms. The second kappa shape index (κ2) is 5.48. The molecule has 0 amide bonds. The third-order valence-electron chi connectivity index (χ3n) is 2.61. The highest BCUT2D eigenvalue weighted by atomic mass is 16.6. The van der Waals surface area contributed by atoms with E-state index in [0.29, 0.717) is 12.1 Å². The number of aromatic nitrogens is 2. The first-order valence-electron chi connectivity index (χ1n) is 5.55. The quantitative estimate of drug-likeness (QED) is 0.580. The van der Waals surface area contributed by atoms with E-state index in [1.807, 2.05) is 0 Å². The predicted molar refractivity (Wildman–Crippen MR) is 64.5 cm³/mol. The fourth-order valence-corrected chi connectivity index (χ4v) is 1.53. The van der Waals surface area contributed by atoms with Crippen molar-refractivity contribution in [3.63, 3.8) is 0 Å². The molecule has 0 aromatic carbocycles. The molecule has 0 spiro atoms. The third-order valence-corrected chi connectivity index (χ3v) is 2.61. The van der Waals surface area contributed by atoms with Crippen LogP contribution < -0.4 is 5.32 Å². The summed E-state index contributed by atoms with van der Waals surface area (Å²) in [7, 11) is 1.58. The van der Waals surface area contributed by atoms with Crippen molar-refractivity contribution in [3.8, 4) is 0 Å². The van der Waals surface area contributed by atoms with Gasteiger partial charge in [-0.15, -0.1) is 0 Å². The summed E-state index contributed by atoms with van der Waals surface area (Å²) in [5, 5.41) is 26.6. The van der Waals surface area contributed by atoms with Gasteiger partial charge in [-0.3, -0.25) is 14.9 Å². The van der Waals surface area contributed by atoms with E-state index >= 15 is 0 Å². The van der Waals surface area contributed by atoms with E-state index in [2.05, 4.69) is 10.4 Å². The lowest BCUT2D eigenvalue weighted by Gasteiger charge is -2.08. The van der Waals surface area contributed by atoms with Gasteiger partial charge in [0.1, 0.15) is 5.69 Å². The zero-order chi connectivity index (χ0) is 13.9. The molecular formula is C10H16N4O4. The number of anilines is 1. The van der Waals surface area contributed by atoms with Crippen LogP contribution in [0.15, 0.2) is 0 Å². The molecule has 0 aliphatic heterocycles. The molecule has 0 aliphatic rings. The van der Waals surface area contributed by atoms with Gasteiger partial charge < -0.3 is 10.4 Å². The number of nitro groups is 1. The van der Waals surface area contributed by atoms with Crippen LogP contribution in [0.4, 0.5) is 11.5 Å². The summed E-state index contributed by atoms with van der Waals surface area (Å²) >= 11 is 0. The van der Waals surface area contributed by atoms with Crippen molar-refractivity contribution in [1.82, 2.24) is 9.78 Å². The lowest BCUT2D eigenvalue weighted by Crippen LogP contribution is -2.21. The molecule has 1 aromatic heterocycles. The number of carbonyl (C=O) groups is 1. The van der Waals surface area contributed by atoms with E-state index in [0.717, 1.165) is 0 Å². The Bertz CT molecular complexity index is 469. The van der Waals surface area contributed by atoms with Crippen LogP contribution in [0.2, 0.25) is 0 Å². The molecule has 100 valence electrons. The number of carboxylic acids is 1. The molecule has 0 saturated heterocycles. The van der Waals surface area contributed by atoms with Crippen molar-refractivity contribution >= 4 is 17.5 Å². The summed E-state index contributed by atoms with van der Waals surface area (Å²) < 4.78 is 1.37. The number of aryl methyl sites for hydroxylation is 2. The van der Waals surface area contributed by atoms with Crippen molar-refractivity contribution in [2.24, 2.45) is 13.0 Å². The monoisotopic (exact) mass is 256 g/mol. The Morgan fingerprint density at radius 1 is 1.67 bits per heavy atom. The summed E-state index contributed by atoms with van der Waals surface area (Å²) in [4.78, 5) is 21.2. The van der Waals surface area contributed by atoms with Gasteiger partial charge in [-0.25, -0.2) is 4.68 Å². The summed E-state index contributed by atoms with van der Waals surface area (Å²) in [5.41, 5.74) is 0.297. The molecule has 18 heavy (non-hydrogen) atoms. The van der Waals surface area contributed by atoms with E-state index in [9.17, 15) is 14.9 Å². The Kier molecular flexibility index (Phi) is 4.24. The SMILES string of the molecule is CCc1nn(C)c(NCC(C)C(=O)O)c1[N+](=O)[O-].